The maximum atomic E-state index is 13.0. The summed E-state index contributed by atoms with van der Waals surface area (Å²) in [6, 6.07) is 8.01. The molecule has 1 aliphatic carbocycles. The minimum atomic E-state index is -0.508. The molecule has 0 saturated heterocycles. The van der Waals surface area contributed by atoms with E-state index in [0.29, 0.717) is 5.82 Å². The van der Waals surface area contributed by atoms with Gasteiger partial charge in [-0.1, -0.05) is 12.1 Å². The van der Waals surface area contributed by atoms with Gasteiger partial charge in [0.25, 0.3) is 0 Å². The Morgan fingerprint density at radius 2 is 2.00 bits per heavy atom. The SMILES string of the molecule is Cc1cc(NC(=O)C2(c3ccc(F)cc3)CC2)n(C)n1. The van der Waals surface area contributed by atoms with Gasteiger partial charge in [0.1, 0.15) is 11.6 Å². The van der Waals surface area contributed by atoms with Crippen LogP contribution in [0.2, 0.25) is 0 Å². The number of rotatable bonds is 3. The standard InChI is InChI=1S/C15H16FN3O/c1-10-9-13(19(2)18-10)17-14(20)15(7-8-15)11-3-5-12(16)6-4-11/h3-6,9H,7-8H2,1-2H3,(H,17,20). The van der Waals surface area contributed by atoms with E-state index in [4.69, 9.17) is 0 Å². The predicted molar refractivity (Wildman–Crippen MR) is 73.9 cm³/mol. The van der Waals surface area contributed by atoms with Crippen LogP contribution in [0.4, 0.5) is 10.2 Å². The number of aromatic nitrogens is 2. The second-order valence-corrected chi connectivity index (χ2v) is 5.34. The van der Waals surface area contributed by atoms with Gasteiger partial charge in [0.05, 0.1) is 11.1 Å². The van der Waals surface area contributed by atoms with Gasteiger partial charge in [0.2, 0.25) is 5.91 Å². The van der Waals surface area contributed by atoms with Gasteiger partial charge in [-0.3, -0.25) is 9.48 Å². The maximum absolute atomic E-state index is 13.0. The molecule has 4 nitrogen and oxygen atoms in total. The largest absolute Gasteiger partial charge is 0.310 e. The minimum Gasteiger partial charge on any atom is -0.310 e. The van der Waals surface area contributed by atoms with E-state index in [1.165, 1.54) is 12.1 Å². The Bertz CT molecular complexity index is 656. The van der Waals surface area contributed by atoms with Gasteiger partial charge in [0, 0.05) is 13.1 Å². The number of carbonyl (C=O) groups excluding carboxylic acids is 1. The molecule has 1 N–H and O–H groups in total. The molecule has 20 heavy (non-hydrogen) atoms. The Morgan fingerprint density at radius 3 is 2.50 bits per heavy atom. The number of halogens is 1. The fraction of sp³-hybridized carbons (Fsp3) is 0.333. The molecule has 3 rings (SSSR count). The number of carbonyl (C=O) groups is 1. The summed E-state index contributed by atoms with van der Waals surface area (Å²) >= 11 is 0. The topological polar surface area (TPSA) is 46.9 Å². The van der Waals surface area contributed by atoms with Gasteiger partial charge < -0.3 is 5.32 Å². The van der Waals surface area contributed by atoms with Crippen molar-refractivity contribution in [3.05, 3.63) is 47.4 Å². The van der Waals surface area contributed by atoms with Gasteiger partial charge in [-0.05, 0) is 37.5 Å². The Balaban J connectivity index is 1.83. The van der Waals surface area contributed by atoms with Crippen molar-refractivity contribution >= 4 is 11.7 Å². The minimum absolute atomic E-state index is 0.0490. The molecule has 1 fully saturated rings. The first kappa shape index (κ1) is 12.8. The van der Waals surface area contributed by atoms with Crippen molar-refractivity contribution in [2.45, 2.75) is 25.2 Å². The van der Waals surface area contributed by atoms with Crippen LogP contribution in [0.5, 0.6) is 0 Å². The molecule has 2 aromatic rings. The van der Waals surface area contributed by atoms with E-state index in [0.717, 1.165) is 24.1 Å². The quantitative estimate of drug-likeness (QED) is 0.934. The number of benzene rings is 1. The highest BCUT2D eigenvalue weighted by Gasteiger charge is 2.51. The number of anilines is 1. The van der Waals surface area contributed by atoms with Crippen molar-refractivity contribution in [2.75, 3.05) is 5.32 Å². The molecule has 104 valence electrons. The second-order valence-electron chi connectivity index (χ2n) is 5.34. The zero-order chi connectivity index (χ0) is 14.3. The van der Waals surface area contributed by atoms with Crippen LogP contribution in [0.25, 0.3) is 0 Å². The number of nitrogens with one attached hydrogen (secondary N) is 1. The molecule has 0 unspecified atom stereocenters. The summed E-state index contributed by atoms with van der Waals surface area (Å²) in [5, 5.41) is 7.12. The number of hydrogen-bond donors (Lipinski definition) is 1. The van der Waals surface area contributed by atoms with Gasteiger partial charge in [-0.25, -0.2) is 4.39 Å². The lowest BCUT2D eigenvalue weighted by Gasteiger charge is -2.15. The van der Waals surface area contributed by atoms with Crippen molar-refractivity contribution in [1.29, 1.82) is 0 Å². The molecule has 1 aliphatic rings. The fourth-order valence-electron chi connectivity index (χ4n) is 2.50. The van der Waals surface area contributed by atoms with E-state index < -0.39 is 5.41 Å². The lowest BCUT2D eigenvalue weighted by molar-refractivity contribution is -0.118. The highest BCUT2D eigenvalue weighted by Crippen LogP contribution is 2.49. The number of nitrogens with zero attached hydrogens (tertiary/aromatic N) is 2. The molecular weight excluding hydrogens is 257 g/mol. The van der Waals surface area contributed by atoms with Crippen molar-refractivity contribution < 1.29 is 9.18 Å². The monoisotopic (exact) mass is 273 g/mol. The van der Waals surface area contributed by atoms with Crippen molar-refractivity contribution in [3.63, 3.8) is 0 Å². The van der Waals surface area contributed by atoms with Crippen LogP contribution in [-0.4, -0.2) is 15.7 Å². The third kappa shape index (κ3) is 2.09. The molecule has 1 aromatic heterocycles. The lowest BCUT2D eigenvalue weighted by Crippen LogP contribution is -2.28. The molecule has 0 aliphatic heterocycles. The molecule has 5 heteroatoms. The first-order valence-electron chi connectivity index (χ1n) is 6.59. The second kappa shape index (κ2) is 4.44. The Morgan fingerprint density at radius 1 is 1.35 bits per heavy atom. The van der Waals surface area contributed by atoms with E-state index in [2.05, 4.69) is 10.4 Å². The first-order chi connectivity index (χ1) is 9.51. The van der Waals surface area contributed by atoms with Crippen LogP contribution in [0, 0.1) is 12.7 Å². The van der Waals surface area contributed by atoms with Crippen LogP contribution >= 0.6 is 0 Å². The highest BCUT2D eigenvalue weighted by molar-refractivity contribution is 6.00. The Hall–Kier alpha value is -2.17. The summed E-state index contributed by atoms with van der Waals surface area (Å²) in [5.74, 6) is 0.347. The molecule has 1 heterocycles. The van der Waals surface area contributed by atoms with E-state index in [-0.39, 0.29) is 11.7 Å². The van der Waals surface area contributed by atoms with Crippen molar-refractivity contribution in [1.82, 2.24) is 9.78 Å². The highest BCUT2D eigenvalue weighted by atomic mass is 19.1. The van der Waals surface area contributed by atoms with Crippen LogP contribution in [0.15, 0.2) is 30.3 Å². The molecule has 0 atom stereocenters. The van der Waals surface area contributed by atoms with Gasteiger partial charge in [-0.15, -0.1) is 0 Å². The molecule has 1 aromatic carbocycles. The van der Waals surface area contributed by atoms with Gasteiger partial charge >= 0.3 is 0 Å². The fourth-order valence-corrected chi connectivity index (χ4v) is 2.50. The third-order valence-electron chi connectivity index (χ3n) is 3.83. The average Bonchev–Trinajstić information content (AvgIpc) is 3.14. The lowest BCUT2D eigenvalue weighted by atomic mass is 9.95. The van der Waals surface area contributed by atoms with Crippen LogP contribution in [0.1, 0.15) is 24.1 Å². The van der Waals surface area contributed by atoms with Crippen molar-refractivity contribution in [3.8, 4) is 0 Å². The molecule has 0 bridgehead atoms. The average molecular weight is 273 g/mol. The van der Waals surface area contributed by atoms with Gasteiger partial charge in [0.15, 0.2) is 0 Å². The summed E-state index contributed by atoms with van der Waals surface area (Å²) in [7, 11) is 1.79. The summed E-state index contributed by atoms with van der Waals surface area (Å²) < 4.78 is 14.6. The van der Waals surface area contributed by atoms with E-state index >= 15 is 0 Å². The summed E-state index contributed by atoms with van der Waals surface area (Å²) in [5.41, 5.74) is 1.22. The third-order valence-corrected chi connectivity index (χ3v) is 3.83. The van der Waals surface area contributed by atoms with E-state index in [1.807, 2.05) is 13.0 Å². The molecule has 0 spiro atoms. The molecule has 0 radical (unpaired) electrons. The Labute approximate surface area is 116 Å². The molecule has 1 amide bonds. The maximum Gasteiger partial charge on any atom is 0.236 e. The van der Waals surface area contributed by atoms with Crippen LogP contribution in [-0.2, 0) is 17.3 Å². The summed E-state index contributed by atoms with van der Waals surface area (Å²) in [6.07, 6.45) is 1.59. The number of amides is 1. The van der Waals surface area contributed by atoms with E-state index in [9.17, 15) is 9.18 Å². The normalized spacial score (nSPS) is 15.9. The summed E-state index contributed by atoms with van der Waals surface area (Å²) in [4.78, 5) is 12.5. The smallest absolute Gasteiger partial charge is 0.236 e. The van der Waals surface area contributed by atoms with E-state index in [1.54, 1.807) is 23.9 Å². The Kier molecular flexibility index (Phi) is 2.85. The molecule has 1 saturated carbocycles. The van der Waals surface area contributed by atoms with Crippen LogP contribution in [0.3, 0.4) is 0 Å². The first-order valence-corrected chi connectivity index (χ1v) is 6.59. The zero-order valence-corrected chi connectivity index (χ0v) is 11.5. The summed E-state index contributed by atoms with van der Waals surface area (Å²) in [6.45, 7) is 1.88. The number of aryl methyl sites for hydroxylation is 2. The zero-order valence-electron chi connectivity index (χ0n) is 11.5. The molecular formula is C15H16FN3O. The van der Waals surface area contributed by atoms with Crippen molar-refractivity contribution in [2.24, 2.45) is 7.05 Å². The van der Waals surface area contributed by atoms with Gasteiger partial charge in [-0.2, -0.15) is 5.10 Å². The number of hydrogen-bond acceptors (Lipinski definition) is 2. The predicted octanol–water partition coefficient (Wildman–Crippen LogP) is 2.54. The van der Waals surface area contributed by atoms with Crippen LogP contribution < -0.4 is 5.32 Å².